The van der Waals surface area contributed by atoms with Crippen molar-refractivity contribution in [1.29, 1.82) is 0 Å². The van der Waals surface area contributed by atoms with Crippen LogP contribution in [0.5, 0.6) is 0 Å². The molecule has 2 heterocycles. The van der Waals surface area contributed by atoms with Crippen LogP contribution in [-0.2, 0) is 24.2 Å². The zero-order valence-corrected chi connectivity index (χ0v) is 14.9. The van der Waals surface area contributed by atoms with Crippen LogP contribution in [-0.4, -0.2) is 16.0 Å². The van der Waals surface area contributed by atoms with Crippen LogP contribution in [0.25, 0.3) is 10.9 Å². The predicted octanol–water partition coefficient (Wildman–Crippen LogP) is 3.64. The molecule has 0 unspecified atom stereocenters. The first-order valence-corrected chi connectivity index (χ1v) is 8.38. The van der Waals surface area contributed by atoms with Gasteiger partial charge < -0.3 is 14.8 Å². The SMILES string of the molecule is CCc1[nH]c2c(CNC(=O)Cc3c(C)noc3C)cc(F)cc2c1C. The Hall–Kier alpha value is -2.63. The Morgan fingerprint density at radius 3 is 2.72 bits per heavy atom. The number of aromatic nitrogens is 2. The third-order valence-electron chi connectivity index (χ3n) is 4.67. The molecule has 1 amide bonds. The zero-order valence-electron chi connectivity index (χ0n) is 14.9. The number of hydrogen-bond donors (Lipinski definition) is 2. The van der Waals surface area contributed by atoms with E-state index < -0.39 is 0 Å². The zero-order chi connectivity index (χ0) is 18.1. The summed E-state index contributed by atoms with van der Waals surface area (Å²) in [5, 5.41) is 7.58. The average Bonchev–Trinajstić information content (AvgIpc) is 3.07. The molecular weight excluding hydrogens is 321 g/mol. The minimum Gasteiger partial charge on any atom is -0.361 e. The quantitative estimate of drug-likeness (QED) is 0.743. The van der Waals surface area contributed by atoms with Crippen molar-refractivity contribution in [3.8, 4) is 0 Å². The molecular formula is C19H22FN3O2. The molecule has 6 heteroatoms. The maximum Gasteiger partial charge on any atom is 0.224 e. The number of H-pyrrole nitrogens is 1. The lowest BCUT2D eigenvalue weighted by Crippen LogP contribution is -2.25. The highest BCUT2D eigenvalue weighted by molar-refractivity contribution is 5.88. The maximum absolute atomic E-state index is 14.0. The molecule has 25 heavy (non-hydrogen) atoms. The summed E-state index contributed by atoms with van der Waals surface area (Å²) in [6.45, 7) is 7.89. The number of fused-ring (bicyclic) bond motifs is 1. The highest BCUT2D eigenvalue weighted by Gasteiger charge is 2.15. The van der Waals surface area contributed by atoms with Crippen molar-refractivity contribution in [2.75, 3.05) is 0 Å². The summed E-state index contributed by atoms with van der Waals surface area (Å²) in [5.41, 5.74) is 5.28. The van der Waals surface area contributed by atoms with Gasteiger partial charge in [-0.1, -0.05) is 12.1 Å². The van der Waals surface area contributed by atoms with Crippen LogP contribution in [0.4, 0.5) is 4.39 Å². The van der Waals surface area contributed by atoms with E-state index in [4.69, 9.17) is 4.52 Å². The van der Waals surface area contributed by atoms with E-state index in [1.54, 1.807) is 6.92 Å². The van der Waals surface area contributed by atoms with Crippen molar-refractivity contribution in [2.24, 2.45) is 0 Å². The lowest BCUT2D eigenvalue weighted by molar-refractivity contribution is -0.120. The molecule has 0 saturated heterocycles. The van der Waals surface area contributed by atoms with Gasteiger partial charge in [0.05, 0.1) is 17.6 Å². The molecule has 0 atom stereocenters. The molecule has 0 aliphatic rings. The van der Waals surface area contributed by atoms with Crippen molar-refractivity contribution >= 4 is 16.8 Å². The van der Waals surface area contributed by atoms with Crippen LogP contribution in [0.3, 0.4) is 0 Å². The molecule has 5 nitrogen and oxygen atoms in total. The van der Waals surface area contributed by atoms with E-state index in [1.807, 2.05) is 13.8 Å². The van der Waals surface area contributed by atoms with Crippen LogP contribution < -0.4 is 5.32 Å². The van der Waals surface area contributed by atoms with Crippen LogP contribution in [0, 0.1) is 26.6 Å². The second kappa shape index (κ2) is 6.70. The number of aryl methyl sites for hydroxylation is 4. The summed E-state index contributed by atoms with van der Waals surface area (Å²) in [5.74, 6) is 0.200. The molecule has 2 aromatic heterocycles. The number of halogens is 1. The van der Waals surface area contributed by atoms with Gasteiger partial charge in [-0.2, -0.15) is 0 Å². The van der Waals surface area contributed by atoms with E-state index in [-0.39, 0.29) is 24.7 Å². The average molecular weight is 343 g/mol. The fourth-order valence-corrected chi connectivity index (χ4v) is 3.18. The normalized spacial score (nSPS) is 11.2. The highest BCUT2D eigenvalue weighted by Crippen LogP contribution is 2.26. The molecule has 3 aromatic rings. The van der Waals surface area contributed by atoms with Gasteiger partial charge in [-0.15, -0.1) is 0 Å². The third kappa shape index (κ3) is 3.29. The van der Waals surface area contributed by atoms with E-state index in [0.717, 1.165) is 39.7 Å². The minimum absolute atomic E-state index is 0.147. The van der Waals surface area contributed by atoms with E-state index in [0.29, 0.717) is 11.5 Å². The fraction of sp³-hybridized carbons (Fsp3) is 0.368. The number of amides is 1. The van der Waals surface area contributed by atoms with Crippen molar-refractivity contribution < 1.29 is 13.7 Å². The summed E-state index contributed by atoms with van der Waals surface area (Å²) in [6, 6.07) is 3.00. The van der Waals surface area contributed by atoms with Gasteiger partial charge in [-0.05, 0) is 50.5 Å². The number of nitrogens with zero attached hydrogens (tertiary/aromatic N) is 1. The third-order valence-corrected chi connectivity index (χ3v) is 4.67. The standard InChI is InChI=1S/C19H22FN3O2/c1-5-17-10(2)15-7-14(20)6-13(19(15)22-17)9-21-18(24)8-16-11(3)23-25-12(16)4/h6-7,22H,5,8-9H2,1-4H3,(H,21,24). The summed E-state index contributed by atoms with van der Waals surface area (Å²) >= 11 is 0. The number of aromatic amines is 1. The van der Waals surface area contributed by atoms with Crippen LogP contribution in [0.2, 0.25) is 0 Å². The number of rotatable bonds is 5. The topological polar surface area (TPSA) is 70.9 Å². The van der Waals surface area contributed by atoms with Gasteiger partial charge in [-0.25, -0.2) is 4.39 Å². The largest absolute Gasteiger partial charge is 0.361 e. The van der Waals surface area contributed by atoms with Gasteiger partial charge in [0.1, 0.15) is 11.6 Å². The van der Waals surface area contributed by atoms with Crippen molar-refractivity contribution in [3.63, 3.8) is 0 Å². The van der Waals surface area contributed by atoms with Gasteiger partial charge >= 0.3 is 0 Å². The van der Waals surface area contributed by atoms with E-state index >= 15 is 0 Å². The maximum atomic E-state index is 14.0. The Balaban J connectivity index is 1.80. The Morgan fingerprint density at radius 2 is 2.08 bits per heavy atom. The van der Waals surface area contributed by atoms with Crippen molar-refractivity contribution in [2.45, 2.75) is 47.1 Å². The lowest BCUT2D eigenvalue weighted by atomic mass is 10.1. The molecule has 0 fully saturated rings. The minimum atomic E-state index is -0.299. The highest BCUT2D eigenvalue weighted by atomic mass is 19.1. The van der Waals surface area contributed by atoms with E-state index in [2.05, 4.69) is 22.4 Å². The summed E-state index contributed by atoms with van der Waals surface area (Å²) in [6.07, 6.45) is 1.05. The van der Waals surface area contributed by atoms with E-state index in [1.165, 1.54) is 12.1 Å². The molecule has 0 spiro atoms. The first kappa shape index (κ1) is 17.2. The van der Waals surface area contributed by atoms with Crippen LogP contribution >= 0.6 is 0 Å². The second-order valence-corrected chi connectivity index (χ2v) is 6.33. The van der Waals surface area contributed by atoms with Gasteiger partial charge in [0.15, 0.2) is 0 Å². The first-order valence-electron chi connectivity index (χ1n) is 8.38. The smallest absolute Gasteiger partial charge is 0.224 e. The predicted molar refractivity (Wildman–Crippen MR) is 93.9 cm³/mol. The first-order chi connectivity index (χ1) is 11.9. The molecule has 132 valence electrons. The Bertz CT molecular complexity index is 920. The Morgan fingerprint density at radius 1 is 1.32 bits per heavy atom. The molecule has 0 bridgehead atoms. The van der Waals surface area contributed by atoms with Gasteiger partial charge in [0.25, 0.3) is 0 Å². The van der Waals surface area contributed by atoms with E-state index in [9.17, 15) is 9.18 Å². The lowest BCUT2D eigenvalue weighted by Gasteiger charge is -2.07. The second-order valence-electron chi connectivity index (χ2n) is 6.33. The summed E-state index contributed by atoms with van der Waals surface area (Å²) < 4.78 is 19.1. The Kier molecular flexibility index (Phi) is 4.61. The van der Waals surface area contributed by atoms with Crippen molar-refractivity contribution in [3.05, 3.63) is 51.8 Å². The Labute approximate surface area is 145 Å². The monoisotopic (exact) mass is 343 g/mol. The number of carbonyl (C=O) groups is 1. The summed E-state index contributed by atoms with van der Waals surface area (Å²) in [7, 11) is 0. The van der Waals surface area contributed by atoms with Crippen molar-refractivity contribution in [1.82, 2.24) is 15.5 Å². The molecule has 0 radical (unpaired) electrons. The van der Waals surface area contributed by atoms with Gasteiger partial charge in [0.2, 0.25) is 5.91 Å². The summed E-state index contributed by atoms with van der Waals surface area (Å²) in [4.78, 5) is 15.6. The molecule has 1 aromatic carbocycles. The van der Waals surface area contributed by atoms with Gasteiger partial charge in [0, 0.05) is 23.2 Å². The number of carbonyl (C=O) groups excluding carboxylic acids is 1. The molecule has 0 aliphatic heterocycles. The van der Waals surface area contributed by atoms with Crippen LogP contribution in [0.15, 0.2) is 16.7 Å². The number of benzene rings is 1. The van der Waals surface area contributed by atoms with Gasteiger partial charge in [-0.3, -0.25) is 4.79 Å². The molecule has 3 rings (SSSR count). The fourth-order valence-electron chi connectivity index (χ4n) is 3.18. The number of hydrogen-bond acceptors (Lipinski definition) is 3. The van der Waals surface area contributed by atoms with Crippen LogP contribution in [0.1, 0.15) is 40.8 Å². The molecule has 0 saturated carbocycles. The molecule has 2 N–H and O–H groups in total. The molecule has 0 aliphatic carbocycles. The number of nitrogens with one attached hydrogen (secondary N) is 2.